The van der Waals surface area contributed by atoms with Crippen LogP contribution in [-0.2, 0) is 4.79 Å². The number of hydrogen-bond acceptors (Lipinski definition) is 2. The lowest BCUT2D eigenvalue weighted by molar-refractivity contribution is -0.114. The molecule has 0 aromatic heterocycles. The molecule has 2 aromatic rings. The summed E-state index contributed by atoms with van der Waals surface area (Å²) in [6, 6.07) is 9.45. The number of carbonyl (C=O) groups is 1. The molecule has 0 saturated heterocycles. The van der Waals surface area contributed by atoms with Crippen molar-refractivity contribution in [1.82, 2.24) is 0 Å². The van der Waals surface area contributed by atoms with Crippen molar-refractivity contribution < 1.29 is 9.18 Å². The van der Waals surface area contributed by atoms with Gasteiger partial charge in [-0.15, -0.1) is 0 Å². The zero-order valence-electron chi connectivity index (χ0n) is 11.2. The van der Waals surface area contributed by atoms with Crippen molar-refractivity contribution in [1.29, 1.82) is 0 Å². The highest BCUT2D eigenvalue weighted by Gasteiger charge is 2.06. The van der Waals surface area contributed by atoms with E-state index in [1.807, 2.05) is 19.1 Å². The van der Waals surface area contributed by atoms with Gasteiger partial charge < -0.3 is 10.6 Å². The summed E-state index contributed by atoms with van der Waals surface area (Å²) in [7, 11) is 0. The second-order valence-corrected chi connectivity index (χ2v) is 5.31. The number of anilines is 2. The number of nitrogens with one attached hydrogen (secondary N) is 2. The Hall–Kier alpha value is -1.78. The highest BCUT2D eigenvalue weighted by Crippen LogP contribution is 2.20. The zero-order chi connectivity index (χ0) is 15.4. The number of halogens is 3. The van der Waals surface area contributed by atoms with Crippen LogP contribution in [0.5, 0.6) is 0 Å². The Morgan fingerprint density at radius 2 is 1.76 bits per heavy atom. The van der Waals surface area contributed by atoms with Gasteiger partial charge in [0, 0.05) is 16.4 Å². The molecule has 0 aliphatic rings. The number of aryl methyl sites for hydroxylation is 1. The third-order valence-corrected chi connectivity index (χ3v) is 3.53. The van der Waals surface area contributed by atoms with Gasteiger partial charge in [0.1, 0.15) is 5.82 Å². The maximum atomic E-state index is 13.0. The number of benzene rings is 2. The Morgan fingerprint density at radius 1 is 1.10 bits per heavy atom. The molecule has 0 fully saturated rings. The quantitative estimate of drug-likeness (QED) is 0.869. The van der Waals surface area contributed by atoms with Gasteiger partial charge in [0.2, 0.25) is 5.91 Å². The first-order valence-corrected chi connectivity index (χ1v) is 6.96. The summed E-state index contributed by atoms with van der Waals surface area (Å²) >= 11 is 11.6. The molecule has 21 heavy (non-hydrogen) atoms. The molecule has 0 spiro atoms. The summed E-state index contributed by atoms with van der Waals surface area (Å²) in [6.45, 7) is 1.96. The highest BCUT2D eigenvalue weighted by molar-refractivity contribution is 6.31. The average Bonchev–Trinajstić information content (AvgIpc) is 2.44. The minimum absolute atomic E-state index is 0.0360. The Kier molecular flexibility index (Phi) is 5.04. The Morgan fingerprint density at radius 3 is 2.43 bits per heavy atom. The van der Waals surface area contributed by atoms with E-state index in [2.05, 4.69) is 10.6 Å². The predicted molar refractivity (Wildman–Crippen MR) is 84.7 cm³/mol. The summed E-state index contributed by atoms with van der Waals surface area (Å²) in [5, 5.41) is 6.17. The van der Waals surface area contributed by atoms with E-state index < -0.39 is 5.82 Å². The molecule has 6 heteroatoms. The van der Waals surface area contributed by atoms with E-state index in [0.29, 0.717) is 10.7 Å². The van der Waals surface area contributed by atoms with E-state index in [1.54, 1.807) is 6.07 Å². The van der Waals surface area contributed by atoms with E-state index in [1.165, 1.54) is 18.2 Å². The lowest BCUT2D eigenvalue weighted by atomic mass is 10.2. The minimum atomic E-state index is -0.526. The Balaban J connectivity index is 1.92. The van der Waals surface area contributed by atoms with Crippen LogP contribution in [0.15, 0.2) is 36.4 Å². The summed E-state index contributed by atoms with van der Waals surface area (Å²) in [5.41, 5.74) is 2.15. The number of carbonyl (C=O) groups excluding carboxylic acids is 1. The molecule has 0 aliphatic carbocycles. The number of hydrogen-bond donors (Lipinski definition) is 2. The van der Waals surface area contributed by atoms with Gasteiger partial charge in [-0.1, -0.05) is 29.3 Å². The maximum absolute atomic E-state index is 13.0. The molecule has 1 amide bonds. The minimum Gasteiger partial charge on any atom is -0.376 e. The molecule has 0 bridgehead atoms. The van der Waals surface area contributed by atoms with Gasteiger partial charge in [-0.3, -0.25) is 4.79 Å². The molecule has 2 rings (SSSR count). The van der Waals surface area contributed by atoms with Gasteiger partial charge in [-0.2, -0.15) is 0 Å². The van der Waals surface area contributed by atoms with Crippen LogP contribution >= 0.6 is 23.2 Å². The number of rotatable bonds is 4. The van der Waals surface area contributed by atoms with Crippen LogP contribution in [0.4, 0.5) is 15.8 Å². The molecule has 2 N–H and O–H groups in total. The molecule has 3 nitrogen and oxygen atoms in total. The average molecular weight is 327 g/mol. The molecule has 2 aromatic carbocycles. The predicted octanol–water partition coefficient (Wildman–Crippen LogP) is 4.49. The SMILES string of the molecule is Cc1ccc(NCC(=O)Nc2ccc(F)c(Cl)c2)cc1Cl. The lowest BCUT2D eigenvalue weighted by Gasteiger charge is -2.09. The monoisotopic (exact) mass is 326 g/mol. The molecule has 0 aliphatic heterocycles. The van der Waals surface area contributed by atoms with Crippen LogP contribution < -0.4 is 10.6 Å². The Bertz CT molecular complexity index is 677. The summed E-state index contributed by atoms with van der Waals surface area (Å²) in [4.78, 5) is 11.8. The first-order valence-electron chi connectivity index (χ1n) is 6.20. The fourth-order valence-electron chi connectivity index (χ4n) is 1.66. The van der Waals surface area contributed by atoms with Gasteiger partial charge in [0.25, 0.3) is 0 Å². The van der Waals surface area contributed by atoms with E-state index in [0.717, 1.165) is 11.3 Å². The van der Waals surface area contributed by atoms with Crippen molar-refractivity contribution in [3.05, 3.63) is 57.8 Å². The number of amides is 1. The van der Waals surface area contributed by atoms with Crippen molar-refractivity contribution in [2.75, 3.05) is 17.2 Å². The molecule has 0 saturated carbocycles. The third-order valence-electron chi connectivity index (χ3n) is 2.83. The second kappa shape index (κ2) is 6.78. The van der Waals surface area contributed by atoms with E-state index in [9.17, 15) is 9.18 Å². The summed E-state index contributed by atoms with van der Waals surface area (Å²) in [6.07, 6.45) is 0. The maximum Gasteiger partial charge on any atom is 0.243 e. The van der Waals surface area contributed by atoms with Gasteiger partial charge >= 0.3 is 0 Å². The lowest BCUT2D eigenvalue weighted by Crippen LogP contribution is -2.21. The van der Waals surface area contributed by atoms with Gasteiger partial charge in [-0.25, -0.2) is 4.39 Å². The van der Waals surface area contributed by atoms with Crippen molar-refractivity contribution in [2.24, 2.45) is 0 Å². The smallest absolute Gasteiger partial charge is 0.243 e. The van der Waals surface area contributed by atoms with E-state index >= 15 is 0 Å². The van der Waals surface area contributed by atoms with Crippen molar-refractivity contribution >= 4 is 40.5 Å². The summed E-state index contributed by atoms with van der Waals surface area (Å²) < 4.78 is 13.0. The fraction of sp³-hybridized carbons (Fsp3) is 0.133. The van der Waals surface area contributed by atoms with Gasteiger partial charge in [0.15, 0.2) is 0 Å². The molecule has 110 valence electrons. The standard InChI is InChI=1S/C15H13Cl2FN2O/c1-9-2-3-10(6-12(9)16)19-8-15(21)20-11-4-5-14(18)13(17)7-11/h2-7,19H,8H2,1H3,(H,20,21). The van der Waals surface area contributed by atoms with Crippen LogP contribution in [0.3, 0.4) is 0 Å². The molecular formula is C15H13Cl2FN2O. The summed E-state index contributed by atoms with van der Waals surface area (Å²) in [5.74, 6) is -0.795. The second-order valence-electron chi connectivity index (χ2n) is 4.49. The van der Waals surface area contributed by atoms with Gasteiger partial charge in [0.05, 0.1) is 11.6 Å². The fourth-order valence-corrected chi connectivity index (χ4v) is 2.03. The molecular weight excluding hydrogens is 314 g/mol. The zero-order valence-corrected chi connectivity index (χ0v) is 12.7. The van der Waals surface area contributed by atoms with Crippen molar-refractivity contribution in [3.8, 4) is 0 Å². The largest absolute Gasteiger partial charge is 0.376 e. The highest BCUT2D eigenvalue weighted by atomic mass is 35.5. The molecule has 0 unspecified atom stereocenters. The van der Waals surface area contributed by atoms with Crippen molar-refractivity contribution in [3.63, 3.8) is 0 Å². The van der Waals surface area contributed by atoms with Crippen LogP contribution in [-0.4, -0.2) is 12.5 Å². The van der Waals surface area contributed by atoms with Crippen LogP contribution in [0.1, 0.15) is 5.56 Å². The van der Waals surface area contributed by atoms with E-state index in [-0.39, 0.29) is 17.5 Å². The van der Waals surface area contributed by atoms with Gasteiger partial charge in [-0.05, 0) is 42.8 Å². The van der Waals surface area contributed by atoms with E-state index in [4.69, 9.17) is 23.2 Å². The van der Waals surface area contributed by atoms with Crippen LogP contribution in [0, 0.1) is 12.7 Å². The first-order chi connectivity index (χ1) is 9.95. The normalized spacial score (nSPS) is 10.3. The third kappa shape index (κ3) is 4.34. The topological polar surface area (TPSA) is 41.1 Å². The van der Waals surface area contributed by atoms with Crippen LogP contribution in [0.25, 0.3) is 0 Å². The first kappa shape index (κ1) is 15.6. The Labute approximate surface area is 132 Å². The molecule has 0 heterocycles. The van der Waals surface area contributed by atoms with Crippen molar-refractivity contribution in [2.45, 2.75) is 6.92 Å². The van der Waals surface area contributed by atoms with Crippen LogP contribution in [0.2, 0.25) is 10.0 Å². The molecule has 0 atom stereocenters. The molecule has 0 radical (unpaired) electrons.